The number of halogens is 1. The molecule has 1 rings (SSSR count). The zero-order chi connectivity index (χ0) is 12.8. The molecule has 0 aromatic carbocycles. The molecule has 0 saturated carbocycles. The summed E-state index contributed by atoms with van der Waals surface area (Å²) in [6, 6.07) is 0.205. The van der Waals surface area contributed by atoms with Crippen LogP contribution in [-0.4, -0.2) is 48.4 Å². The Labute approximate surface area is 106 Å². The minimum absolute atomic E-state index is 0.114. The molecule has 1 heterocycles. The number of hydrogen-bond acceptors (Lipinski definition) is 6. The van der Waals surface area contributed by atoms with E-state index in [9.17, 15) is 0 Å². The Hall–Kier alpha value is -1.14. The third kappa shape index (κ3) is 4.70. The van der Waals surface area contributed by atoms with Crippen LogP contribution in [0.15, 0.2) is 0 Å². The van der Waals surface area contributed by atoms with E-state index in [2.05, 4.69) is 15.0 Å². The van der Waals surface area contributed by atoms with Gasteiger partial charge in [-0.05, 0) is 25.4 Å². The molecule has 0 radical (unpaired) electrons. The zero-order valence-corrected chi connectivity index (χ0v) is 11.2. The predicted molar refractivity (Wildman–Crippen MR) is 65.7 cm³/mol. The Bertz CT molecular complexity index is 362. The Morgan fingerprint density at radius 3 is 2.59 bits per heavy atom. The third-order valence-corrected chi connectivity index (χ3v) is 2.15. The van der Waals surface area contributed by atoms with Crippen molar-refractivity contribution in [3.8, 4) is 6.01 Å². The van der Waals surface area contributed by atoms with Crippen molar-refractivity contribution < 1.29 is 9.47 Å². The van der Waals surface area contributed by atoms with Gasteiger partial charge in [0, 0.05) is 13.6 Å². The van der Waals surface area contributed by atoms with Gasteiger partial charge in [0.05, 0.1) is 19.8 Å². The molecule has 0 saturated heterocycles. The van der Waals surface area contributed by atoms with Crippen LogP contribution in [0.2, 0.25) is 5.28 Å². The molecule has 96 valence electrons. The first-order valence-electron chi connectivity index (χ1n) is 5.31. The number of anilines is 1. The standard InChI is InChI=1S/C10H17ClN4O2/c1-7(2)17-6-5-15(3)9-12-8(11)13-10(14-9)16-4/h7H,5-6H2,1-4H3. The van der Waals surface area contributed by atoms with Crippen molar-refractivity contribution in [3.63, 3.8) is 0 Å². The van der Waals surface area contributed by atoms with E-state index in [-0.39, 0.29) is 17.4 Å². The van der Waals surface area contributed by atoms with Gasteiger partial charge in [0.2, 0.25) is 11.2 Å². The van der Waals surface area contributed by atoms with Crippen LogP contribution in [0.5, 0.6) is 6.01 Å². The van der Waals surface area contributed by atoms with Gasteiger partial charge in [0.15, 0.2) is 0 Å². The van der Waals surface area contributed by atoms with Crippen LogP contribution in [-0.2, 0) is 4.74 Å². The van der Waals surface area contributed by atoms with E-state index in [1.54, 1.807) is 0 Å². The number of rotatable bonds is 6. The summed E-state index contributed by atoms with van der Waals surface area (Å²) in [5, 5.41) is 0.114. The van der Waals surface area contributed by atoms with Crippen molar-refractivity contribution in [2.45, 2.75) is 20.0 Å². The Kier molecular flexibility index (Phi) is 5.37. The molecule has 0 amide bonds. The lowest BCUT2D eigenvalue weighted by atomic mass is 10.5. The van der Waals surface area contributed by atoms with E-state index in [1.807, 2.05) is 25.8 Å². The van der Waals surface area contributed by atoms with Gasteiger partial charge in [0.1, 0.15) is 0 Å². The van der Waals surface area contributed by atoms with E-state index < -0.39 is 0 Å². The van der Waals surface area contributed by atoms with Crippen LogP contribution in [0.1, 0.15) is 13.8 Å². The lowest BCUT2D eigenvalue weighted by molar-refractivity contribution is 0.0844. The highest BCUT2D eigenvalue weighted by molar-refractivity contribution is 6.28. The van der Waals surface area contributed by atoms with Crippen molar-refractivity contribution in [2.75, 3.05) is 32.2 Å². The molecule has 0 aliphatic rings. The lowest BCUT2D eigenvalue weighted by Crippen LogP contribution is -2.26. The number of nitrogens with zero attached hydrogens (tertiary/aromatic N) is 4. The summed E-state index contributed by atoms with van der Waals surface area (Å²) in [4.78, 5) is 13.7. The molecule has 0 aliphatic heterocycles. The summed E-state index contributed by atoms with van der Waals surface area (Å²) < 4.78 is 10.4. The van der Waals surface area contributed by atoms with Gasteiger partial charge in [-0.1, -0.05) is 0 Å². The molecule has 17 heavy (non-hydrogen) atoms. The average Bonchev–Trinajstić information content (AvgIpc) is 2.27. The summed E-state index contributed by atoms with van der Waals surface area (Å²) in [6.07, 6.45) is 0.208. The quantitative estimate of drug-likeness (QED) is 0.770. The molecule has 1 aromatic rings. The Balaban J connectivity index is 2.61. The summed E-state index contributed by atoms with van der Waals surface area (Å²) in [5.74, 6) is 0.467. The fraction of sp³-hybridized carbons (Fsp3) is 0.700. The maximum Gasteiger partial charge on any atom is 0.322 e. The van der Waals surface area contributed by atoms with E-state index in [1.165, 1.54) is 7.11 Å². The normalized spacial score (nSPS) is 10.7. The Morgan fingerprint density at radius 1 is 1.29 bits per heavy atom. The average molecular weight is 261 g/mol. The number of likely N-dealkylation sites (N-methyl/N-ethyl adjacent to an activating group) is 1. The molecule has 0 spiro atoms. The molecule has 0 bridgehead atoms. The number of methoxy groups -OCH3 is 1. The van der Waals surface area contributed by atoms with Crippen LogP contribution < -0.4 is 9.64 Å². The summed E-state index contributed by atoms with van der Waals surface area (Å²) >= 11 is 5.76. The molecule has 0 N–H and O–H groups in total. The van der Waals surface area contributed by atoms with Crippen LogP contribution in [0.25, 0.3) is 0 Å². The molecule has 0 fully saturated rings. The third-order valence-electron chi connectivity index (χ3n) is 1.98. The van der Waals surface area contributed by atoms with Gasteiger partial charge in [0.25, 0.3) is 0 Å². The van der Waals surface area contributed by atoms with Crippen LogP contribution in [0.4, 0.5) is 5.95 Å². The van der Waals surface area contributed by atoms with Gasteiger partial charge < -0.3 is 14.4 Å². The van der Waals surface area contributed by atoms with Crippen LogP contribution >= 0.6 is 11.6 Å². The summed E-state index contributed by atoms with van der Waals surface area (Å²) in [7, 11) is 3.34. The van der Waals surface area contributed by atoms with E-state index in [4.69, 9.17) is 21.1 Å². The topological polar surface area (TPSA) is 60.4 Å². The van der Waals surface area contributed by atoms with Crippen molar-refractivity contribution in [2.24, 2.45) is 0 Å². The summed E-state index contributed by atoms with van der Waals surface area (Å²) in [6.45, 7) is 5.24. The number of hydrogen-bond donors (Lipinski definition) is 0. The minimum Gasteiger partial charge on any atom is -0.467 e. The van der Waals surface area contributed by atoms with Crippen LogP contribution in [0, 0.1) is 0 Å². The first-order chi connectivity index (χ1) is 8.02. The second kappa shape index (κ2) is 6.56. The van der Waals surface area contributed by atoms with Crippen molar-refractivity contribution in [3.05, 3.63) is 5.28 Å². The second-order valence-electron chi connectivity index (χ2n) is 3.73. The van der Waals surface area contributed by atoms with Gasteiger partial charge in [-0.2, -0.15) is 15.0 Å². The SMILES string of the molecule is COc1nc(Cl)nc(N(C)CCOC(C)C)n1. The molecule has 0 atom stereocenters. The van der Waals surface area contributed by atoms with Crippen molar-refractivity contribution in [1.29, 1.82) is 0 Å². The monoisotopic (exact) mass is 260 g/mol. The maximum absolute atomic E-state index is 5.76. The van der Waals surface area contributed by atoms with Gasteiger partial charge in [-0.3, -0.25) is 0 Å². The van der Waals surface area contributed by atoms with Gasteiger partial charge >= 0.3 is 6.01 Å². The maximum atomic E-state index is 5.76. The second-order valence-corrected chi connectivity index (χ2v) is 4.07. The van der Waals surface area contributed by atoms with E-state index >= 15 is 0 Å². The molecule has 6 nitrogen and oxygen atoms in total. The number of ether oxygens (including phenoxy) is 2. The fourth-order valence-electron chi connectivity index (χ4n) is 1.11. The highest BCUT2D eigenvalue weighted by Gasteiger charge is 2.09. The van der Waals surface area contributed by atoms with E-state index in [0.717, 1.165) is 0 Å². The molecule has 1 aromatic heterocycles. The lowest BCUT2D eigenvalue weighted by Gasteiger charge is -2.18. The van der Waals surface area contributed by atoms with Gasteiger partial charge in [-0.15, -0.1) is 0 Å². The molecule has 7 heteroatoms. The highest BCUT2D eigenvalue weighted by Crippen LogP contribution is 2.13. The van der Waals surface area contributed by atoms with Crippen LogP contribution in [0.3, 0.4) is 0 Å². The smallest absolute Gasteiger partial charge is 0.322 e. The molecule has 0 unspecified atom stereocenters. The van der Waals surface area contributed by atoms with Crippen molar-refractivity contribution in [1.82, 2.24) is 15.0 Å². The molecule has 0 aliphatic carbocycles. The molecular formula is C10H17ClN4O2. The first-order valence-corrected chi connectivity index (χ1v) is 5.69. The highest BCUT2D eigenvalue weighted by atomic mass is 35.5. The fourth-order valence-corrected chi connectivity index (χ4v) is 1.26. The minimum atomic E-state index is 0.114. The largest absolute Gasteiger partial charge is 0.467 e. The molecular weight excluding hydrogens is 244 g/mol. The Morgan fingerprint density at radius 2 is 2.00 bits per heavy atom. The van der Waals surface area contributed by atoms with Gasteiger partial charge in [-0.25, -0.2) is 0 Å². The first kappa shape index (κ1) is 13.9. The van der Waals surface area contributed by atoms with Crippen molar-refractivity contribution >= 4 is 17.5 Å². The summed E-state index contributed by atoms with van der Waals surface area (Å²) in [5.41, 5.74) is 0. The predicted octanol–water partition coefficient (Wildman–Crippen LogP) is 1.39. The zero-order valence-electron chi connectivity index (χ0n) is 10.5. The number of aromatic nitrogens is 3. The van der Waals surface area contributed by atoms with E-state index in [0.29, 0.717) is 19.1 Å².